The van der Waals surface area contributed by atoms with Gasteiger partial charge in [0.1, 0.15) is 11.5 Å². The summed E-state index contributed by atoms with van der Waals surface area (Å²) in [5.74, 6) is 0.576. The quantitative estimate of drug-likeness (QED) is 0.562. The van der Waals surface area contributed by atoms with Gasteiger partial charge in [0, 0.05) is 22.9 Å². The lowest BCUT2D eigenvalue weighted by Crippen LogP contribution is -2.21. The van der Waals surface area contributed by atoms with E-state index in [4.69, 9.17) is 4.74 Å². The van der Waals surface area contributed by atoms with E-state index >= 15 is 0 Å². The Balaban J connectivity index is 1.87. The highest BCUT2D eigenvalue weighted by atomic mass is 16.5. The summed E-state index contributed by atoms with van der Waals surface area (Å²) >= 11 is 0. The summed E-state index contributed by atoms with van der Waals surface area (Å²) in [5, 5.41) is 0. The van der Waals surface area contributed by atoms with Crippen molar-refractivity contribution < 1.29 is 14.3 Å². The largest absolute Gasteiger partial charge is 0.455 e. The molecule has 0 saturated carbocycles. The fraction of sp³-hybridized carbons (Fsp3) is 0.0500. The average Bonchev–Trinajstić information content (AvgIpc) is 2.61. The van der Waals surface area contributed by atoms with Gasteiger partial charge >= 0.3 is 0 Å². The highest BCUT2D eigenvalue weighted by Crippen LogP contribution is 2.35. The normalized spacial score (nSPS) is 12.5. The minimum Gasteiger partial charge on any atom is -0.455 e. The lowest BCUT2D eigenvalue weighted by atomic mass is 9.83. The first-order valence-corrected chi connectivity index (χ1v) is 7.58. The van der Waals surface area contributed by atoms with Crippen molar-refractivity contribution in [2.75, 3.05) is 0 Å². The second-order valence-corrected chi connectivity index (χ2v) is 5.57. The van der Waals surface area contributed by atoms with Crippen molar-refractivity contribution in [2.45, 2.75) is 6.92 Å². The molecule has 0 amide bonds. The minimum atomic E-state index is -0.197. The summed E-state index contributed by atoms with van der Waals surface area (Å²) in [7, 11) is 0. The van der Waals surface area contributed by atoms with Crippen molar-refractivity contribution in [1.29, 1.82) is 0 Å². The minimum absolute atomic E-state index is 0.159. The van der Waals surface area contributed by atoms with Crippen molar-refractivity contribution in [3.05, 3.63) is 88.7 Å². The fourth-order valence-electron chi connectivity index (χ4n) is 2.89. The van der Waals surface area contributed by atoms with Crippen LogP contribution >= 0.6 is 0 Å². The Kier molecular flexibility index (Phi) is 3.24. The highest BCUT2D eigenvalue weighted by molar-refractivity contribution is 6.29. The Labute approximate surface area is 138 Å². The second-order valence-electron chi connectivity index (χ2n) is 5.57. The van der Waals surface area contributed by atoms with E-state index in [9.17, 15) is 9.59 Å². The average molecular weight is 315 g/mol. The number of rotatable bonds is 2. The molecule has 0 spiro atoms. The van der Waals surface area contributed by atoms with Gasteiger partial charge in [0.25, 0.3) is 0 Å². The molecule has 0 unspecified atom stereocenters. The predicted molar refractivity (Wildman–Crippen MR) is 88.8 cm³/mol. The van der Waals surface area contributed by atoms with Gasteiger partial charge in [-0.2, -0.15) is 0 Å². The second kappa shape index (κ2) is 5.42. The SMILES string of the molecule is Cc1ncccc1Oc1cccc2c1C(=O)c1ccccc1C2=O. The molecule has 0 saturated heterocycles. The number of aromatic nitrogens is 1. The van der Waals surface area contributed by atoms with Crippen LogP contribution in [0, 0.1) is 6.92 Å². The molecule has 1 heterocycles. The zero-order valence-corrected chi connectivity index (χ0v) is 12.9. The van der Waals surface area contributed by atoms with Gasteiger partial charge in [0.2, 0.25) is 0 Å². The number of aryl methyl sites for hydroxylation is 1. The maximum atomic E-state index is 12.9. The van der Waals surface area contributed by atoms with Gasteiger partial charge in [-0.15, -0.1) is 0 Å². The number of hydrogen-bond acceptors (Lipinski definition) is 4. The molecule has 4 heteroatoms. The van der Waals surface area contributed by atoms with Gasteiger partial charge < -0.3 is 4.74 Å². The first-order valence-electron chi connectivity index (χ1n) is 7.58. The number of benzene rings is 2. The number of carbonyl (C=O) groups excluding carboxylic acids is 2. The van der Waals surface area contributed by atoms with Crippen LogP contribution in [0.2, 0.25) is 0 Å². The molecule has 24 heavy (non-hydrogen) atoms. The summed E-state index contributed by atoms with van der Waals surface area (Å²) in [6.07, 6.45) is 1.67. The third-order valence-electron chi connectivity index (χ3n) is 4.09. The zero-order chi connectivity index (χ0) is 16.7. The summed E-state index contributed by atoms with van der Waals surface area (Å²) in [6.45, 7) is 1.83. The van der Waals surface area contributed by atoms with E-state index in [1.54, 1.807) is 60.8 Å². The summed E-state index contributed by atoms with van der Waals surface area (Å²) < 4.78 is 5.91. The van der Waals surface area contributed by atoms with Crippen LogP contribution in [0.3, 0.4) is 0 Å². The van der Waals surface area contributed by atoms with Crippen molar-refractivity contribution in [3.63, 3.8) is 0 Å². The Morgan fingerprint density at radius 3 is 2.17 bits per heavy atom. The molecule has 1 aliphatic carbocycles. The molecule has 0 radical (unpaired) electrons. The number of hydrogen-bond donors (Lipinski definition) is 0. The van der Waals surface area contributed by atoms with E-state index in [1.807, 2.05) is 6.92 Å². The maximum absolute atomic E-state index is 12.9. The lowest BCUT2D eigenvalue weighted by Gasteiger charge is -2.20. The molecule has 0 aliphatic heterocycles. The Morgan fingerprint density at radius 2 is 1.42 bits per heavy atom. The van der Waals surface area contributed by atoms with Crippen LogP contribution in [0.25, 0.3) is 0 Å². The third-order valence-corrected chi connectivity index (χ3v) is 4.09. The standard InChI is InChI=1S/C20H13NO3/c1-12-16(10-5-11-21-12)24-17-9-4-8-15-18(17)20(23)14-7-3-2-6-13(14)19(15)22/h2-11H,1H3. The molecule has 0 bridgehead atoms. The van der Waals surface area contributed by atoms with Crippen LogP contribution in [-0.4, -0.2) is 16.6 Å². The Morgan fingerprint density at radius 1 is 0.750 bits per heavy atom. The highest BCUT2D eigenvalue weighted by Gasteiger charge is 2.32. The van der Waals surface area contributed by atoms with Crippen LogP contribution in [0.15, 0.2) is 60.8 Å². The van der Waals surface area contributed by atoms with Gasteiger partial charge in [-0.1, -0.05) is 36.4 Å². The molecule has 2 aromatic carbocycles. The van der Waals surface area contributed by atoms with E-state index in [1.165, 1.54) is 0 Å². The molecular formula is C20H13NO3. The third kappa shape index (κ3) is 2.12. The van der Waals surface area contributed by atoms with Gasteiger partial charge in [-0.05, 0) is 25.1 Å². The summed E-state index contributed by atoms with van der Waals surface area (Å²) in [5.41, 5.74) is 2.24. The Hall–Kier alpha value is -3.27. The van der Waals surface area contributed by atoms with Crippen molar-refractivity contribution in [2.24, 2.45) is 0 Å². The molecule has 4 rings (SSSR count). The molecule has 0 fully saturated rings. The van der Waals surface area contributed by atoms with Crippen LogP contribution in [0.4, 0.5) is 0 Å². The first-order chi connectivity index (χ1) is 11.7. The zero-order valence-electron chi connectivity index (χ0n) is 12.9. The molecule has 116 valence electrons. The van der Waals surface area contributed by atoms with E-state index < -0.39 is 0 Å². The van der Waals surface area contributed by atoms with E-state index in [-0.39, 0.29) is 11.6 Å². The van der Waals surface area contributed by atoms with Crippen molar-refractivity contribution in [1.82, 2.24) is 4.98 Å². The van der Waals surface area contributed by atoms with Gasteiger partial charge in [-0.3, -0.25) is 14.6 Å². The monoisotopic (exact) mass is 315 g/mol. The lowest BCUT2D eigenvalue weighted by molar-refractivity contribution is 0.0977. The maximum Gasteiger partial charge on any atom is 0.198 e. The molecule has 4 nitrogen and oxygen atoms in total. The molecule has 0 N–H and O–H groups in total. The molecular weight excluding hydrogens is 302 g/mol. The van der Waals surface area contributed by atoms with Crippen LogP contribution in [-0.2, 0) is 0 Å². The number of carbonyl (C=O) groups is 2. The smallest absolute Gasteiger partial charge is 0.198 e. The van der Waals surface area contributed by atoms with Crippen molar-refractivity contribution in [3.8, 4) is 11.5 Å². The summed E-state index contributed by atoms with van der Waals surface area (Å²) in [6, 6.07) is 15.5. The van der Waals surface area contributed by atoms with Crippen LogP contribution < -0.4 is 4.74 Å². The van der Waals surface area contributed by atoms with Gasteiger partial charge in [-0.25, -0.2) is 0 Å². The van der Waals surface area contributed by atoms with Crippen molar-refractivity contribution >= 4 is 11.6 Å². The van der Waals surface area contributed by atoms with Gasteiger partial charge in [0.15, 0.2) is 11.6 Å². The first kappa shape index (κ1) is 14.3. The fourth-order valence-corrected chi connectivity index (χ4v) is 2.89. The Bertz CT molecular complexity index is 992. The van der Waals surface area contributed by atoms with E-state index in [2.05, 4.69) is 4.98 Å². The number of ether oxygens (including phenoxy) is 1. The molecule has 3 aromatic rings. The van der Waals surface area contributed by atoms with E-state index in [0.29, 0.717) is 39.4 Å². The molecule has 1 aromatic heterocycles. The predicted octanol–water partition coefficient (Wildman–Crippen LogP) is 3.96. The van der Waals surface area contributed by atoms with Crippen LogP contribution in [0.1, 0.15) is 37.5 Å². The molecule has 0 atom stereocenters. The number of pyridine rings is 1. The van der Waals surface area contributed by atoms with Gasteiger partial charge in [0.05, 0.1) is 11.3 Å². The summed E-state index contributed by atoms with van der Waals surface area (Å²) in [4.78, 5) is 29.8. The number of ketones is 2. The molecule has 1 aliphatic rings. The number of fused-ring (bicyclic) bond motifs is 2. The van der Waals surface area contributed by atoms with Crippen LogP contribution in [0.5, 0.6) is 11.5 Å². The topological polar surface area (TPSA) is 56.3 Å². The van der Waals surface area contributed by atoms with E-state index in [0.717, 1.165) is 0 Å². The number of nitrogens with zero attached hydrogens (tertiary/aromatic N) is 1.